The lowest BCUT2D eigenvalue weighted by molar-refractivity contribution is 0.00881. The van der Waals surface area contributed by atoms with Crippen LogP contribution in [0.2, 0.25) is 0 Å². The van der Waals surface area contributed by atoms with Crippen LogP contribution in [0.4, 0.5) is 0 Å². The number of hydrogen-bond acceptors (Lipinski definition) is 4. The molecule has 1 atom stereocenters. The molecule has 1 saturated heterocycles. The number of likely N-dealkylation sites (N-methyl/N-ethyl adjacent to an activating group) is 1. The van der Waals surface area contributed by atoms with Gasteiger partial charge in [-0.15, -0.1) is 0 Å². The molecule has 1 aliphatic heterocycles. The van der Waals surface area contributed by atoms with E-state index in [9.17, 15) is 0 Å². The minimum Gasteiger partial charge on any atom is -0.374 e. The monoisotopic (exact) mass is 235 g/mol. The van der Waals surface area contributed by atoms with Crippen LogP contribution in [0, 0.1) is 6.92 Å². The summed E-state index contributed by atoms with van der Waals surface area (Å²) in [4.78, 5) is 6.47. The van der Waals surface area contributed by atoms with Crippen molar-refractivity contribution in [2.75, 3.05) is 33.3 Å². The average molecular weight is 235 g/mol. The van der Waals surface area contributed by atoms with Gasteiger partial charge < -0.3 is 10.1 Å². The Morgan fingerprint density at radius 2 is 2.47 bits per heavy atom. The number of morpholine rings is 1. The first-order valence-electron chi connectivity index (χ1n) is 6.16. The smallest absolute Gasteiger partial charge is 0.0826 e. The van der Waals surface area contributed by atoms with E-state index in [0.29, 0.717) is 6.10 Å². The van der Waals surface area contributed by atoms with Gasteiger partial charge in [-0.3, -0.25) is 9.88 Å². The molecule has 4 nitrogen and oxygen atoms in total. The van der Waals surface area contributed by atoms with Crippen molar-refractivity contribution in [2.24, 2.45) is 0 Å². The molecule has 0 aromatic carbocycles. The van der Waals surface area contributed by atoms with E-state index in [2.05, 4.69) is 35.2 Å². The van der Waals surface area contributed by atoms with Crippen LogP contribution in [0.25, 0.3) is 0 Å². The third-order valence-electron chi connectivity index (χ3n) is 3.11. The van der Waals surface area contributed by atoms with E-state index in [4.69, 9.17) is 4.74 Å². The highest BCUT2D eigenvalue weighted by Crippen LogP contribution is 2.09. The Morgan fingerprint density at radius 3 is 3.18 bits per heavy atom. The van der Waals surface area contributed by atoms with Crippen LogP contribution in [0.3, 0.4) is 0 Å². The molecule has 1 N–H and O–H groups in total. The van der Waals surface area contributed by atoms with E-state index in [1.54, 1.807) is 0 Å². The summed E-state index contributed by atoms with van der Waals surface area (Å²) in [5.74, 6) is 0. The van der Waals surface area contributed by atoms with Gasteiger partial charge in [0.1, 0.15) is 0 Å². The number of nitrogens with zero attached hydrogens (tertiary/aromatic N) is 2. The standard InChI is InChI=1S/C13H21N3O/c1-11-3-4-14-7-12(11)9-16(2)10-13-8-15-5-6-17-13/h3-4,7,13,15H,5-6,8-10H2,1-2H3. The SMILES string of the molecule is Cc1ccncc1CN(C)CC1CNCCO1. The van der Waals surface area contributed by atoms with Crippen LogP contribution in [0.5, 0.6) is 0 Å². The maximum atomic E-state index is 5.70. The van der Waals surface area contributed by atoms with E-state index in [0.717, 1.165) is 32.8 Å². The fraction of sp³-hybridized carbons (Fsp3) is 0.615. The summed E-state index contributed by atoms with van der Waals surface area (Å²) in [6.07, 6.45) is 4.10. The maximum Gasteiger partial charge on any atom is 0.0826 e. The first kappa shape index (κ1) is 12.5. The van der Waals surface area contributed by atoms with Crippen LogP contribution in [-0.2, 0) is 11.3 Å². The van der Waals surface area contributed by atoms with Gasteiger partial charge in [-0.05, 0) is 31.2 Å². The van der Waals surface area contributed by atoms with Crippen LogP contribution in [0.15, 0.2) is 18.5 Å². The summed E-state index contributed by atoms with van der Waals surface area (Å²) >= 11 is 0. The van der Waals surface area contributed by atoms with Gasteiger partial charge in [0, 0.05) is 38.6 Å². The summed E-state index contributed by atoms with van der Waals surface area (Å²) in [5.41, 5.74) is 2.59. The first-order valence-corrected chi connectivity index (χ1v) is 6.16. The Hall–Kier alpha value is -0.970. The number of rotatable bonds is 4. The number of hydrogen-bond donors (Lipinski definition) is 1. The zero-order valence-corrected chi connectivity index (χ0v) is 10.6. The summed E-state index contributed by atoms with van der Waals surface area (Å²) in [7, 11) is 2.13. The van der Waals surface area contributed by atoms with E-state index in [1.165, 1.54) is 11.1 Å². The molecule has 4 heteroatoms. The molecular weight excluding hydrogens is 214 g/mol. The minimum absolute atomic E-state index is 0.311. The molecule has 0 aliphatic carbocycles. The third kappa shape index (κ3) is 3.77. The largest absolute Gasteiger partial charge is 0.374 e. The fourth-order valence-electron chi connectivity index (χ4n) is 2.10. The van der Waals surface area contributed by atoms with Crippen molar-refractivity contribution >= 4 is 0 Å². The molecule has 0 saturated carbocycles. The second kappa shape index (κ2) is 6.10. The number of ether oxygens (including phenoxy) is 1. The predicted octanol–water partition coefficient (Wildman–Crippen LogP) is 0.810. The van der Waals surface area contributed by atoms with E-state index in [-0.39, 0.29) is 0 Å². The van der Waals surface area contributed by atoms with Gasteiger partial charge in [0.05, 0.1) is 12.7 Å². The van der Waals surface area contributed by atoms with Gasteiger partial charge in [-0.1, -0.05) is 0 Å². The second-order valence-electron chi connectivity index (χ2n) is 4.70. The van der Waals surface area contributed by atoms with Crippen molar-refractivity contribution < 1.29 is 4.74 Å². The number of nitrogens with one attached hydrogen (secondary N) is 1. The Labute approximate surface area is 103 Å². The lowest BCUT2D eigenvalue weighted by atomic mass is 10.1. The number of aromatic nitrogens is 1. The molecule has 2 rings (SSSR count). The molecule has 2 heterocycles. The van der Waals surface area contributed by atoms with Gasteiger partial charge in [0.15, 0.2) is 0 Å². The molecule has 1 unspecified atom stereocenters. The van der Waals surface area contributed by atoms with Crippen molar-refractivity contribution in [3.63, 3.8) is 0 Å². The fourth-order valence-corrected chi connectivity index (χ4v) is 2.10. The Bertz CT molecular complexity index is 350. The summed E-state index contributed by atoms with van der Waals surface area (Å²) in [6.45, 7) is 6.77. The van der Waals surface area contributed by atoms with Crippen LogP contribution >= 0.6 is 0 Å². The van der Waals surface area contributed by atoms with Gasteiger partial charge in [0.2, 0.25) is 0 Å². The molecular formula is C13H21N3O. The van der Waals surface area contributed by atoms with Gasteiger partial charge in [0.25, 0.3) is 0 Å². The topological polar surface area (TPSA) is 37.4 Å². The molecule has 94 valence electrons. The van der Waals surface area contributed by atoms with E-state index < -0.39 is 0 Å². The summed E-state index contributed by atoms with van der Waals surface area (Å²) in [5, 5.41) is 3.35. The molecule has 17 heavy (non-hydrogen) atoms. The molecule has 1 aromatic rings. The average Bonchev–Trinajstić information content (AvgIpc) is 2.33. The van der Waals surface area contributed by atoms with Crippen molar-refractivity contribution in [1.82, 2.24) is 15.2 Å². The van der Waals surface area contributed by atoms with Crippen molar-refractivity contribution in [3.8, 4) is 0 Å². The summed E-state index contributed by atoms with van der Waals surface area (Å²) < 4.78 is 5.70. The van der Waals surface area contributed by atoms with Crippen LogP contribution in [-0.4, -0.2) is 49.3 Å². The summed E-state index contributed by atoms with van der Waals surface area (Å²) in [6, 6.07) is 2.06. The van der Waals surface area contributed by atoms with Gasteiger partial charge >= 0.3 is 0 Å². The third-order valence-corrected chi connectivity index (χ3v) is 3.11. The zero-order chi connectivity index (χ0) is 12.1. The maximum absolute atomic E-state index is 5.70. The van der Waals surface area contributed by atoms with E-state index in [1.807, 2.05) is 12.4 Å². The van der Waals surface area contributed by atoms with Crippen LogP contribution < -0.4 is 5.32 Å². The zero-order valence-electron chi connectivity index (χ0n) is 10.6. The molecule has 1 aliphatic rings. The normalized spacial score (nSPS) is 20.8. The Morgan fingerprint density at radius 1 is 1.59 bits per heavy atom. The Kier molecular flexibility index (Phi) is 4.48. The molecule has 1 fully saturated rings. The van der Waals surface area contributed by atoms with Gasteiger partial charge in [-0.25, -0.2) is 0 Å². The predicted molar refractivity (Wildman–Crippen MR) is 67.9 cm³/mol. The number of pyridine rings is 1. The second-order valence-corrected chi connectivity index (χ2v) is 4.70. The molecule has 1 aromatic heterocycles. The quantitative estimate of drug-likeness (QED) is 0.838. The lowest BCUT2D eigenvalue weighted by Crippen LogP contribution is -2.44. The molecule has 0 radical (unpaired) electrons. The highest BCUT2D eigenvalue weighted by molar-refractivity contribution is 5.21. The van der Waals surface area contributed by atoms with Crippen LogP contribution in [0.1, 0.15) is 11.1 Å². The molecule has 0 bridgehead atoms. The van der Waals surface area contributed by atoms with E-state index >= 15 is 0 Å². The van der Waals surface area contributed by atoms with Crippen molar-refractivity contribution in [3.05, 3.63) is 29.6 Å². The highest BCUT2D eigenvalue weighted by atomic mass is 16.5. The highest BCUT2D eigenvalue weighted by Gasteiger charge is 2.15. The first-order chi connectivity index (χ1) is 8.25. The molecule has 0 spiro atoms. The minimum atomic E-state index is 0.311. The molecule has 0 amide bonds. The Balaban J connectivity index is 1.84. The van der Waals surface area contributed by atoms with Crippen molar-refractivity contribution in [1.29, 1.82) is 0 Å². The van der Waals surface area contributed by atoms with Crippen molar-refractivity contribution in [2.45, 2.75) is 19.6 Å². The number of aryl methyl sites for hydroxylation is 1. The lowest BCUT2D eigenvalue weighted by Gasteiger charge is -2.28. The van der Waals surface area contributed by atoms with Gasteiger partial charge in [-0.2, -0.15) is 0 Å².